The smallest absolute Gasteiger partial charge is 0.338 e. The highest BCUT2D eigenvalue weighted by molar-refractivity contribution is 9.10. The molecule has 5 nitrogen and oxygen atoms in total. The van der Waals surface area contributed by atoms with E-state index in [-0.39, 0.29) is 11.9 Å². The molecule has 3 rings (SSSR count). The topological polar surface area (TPSA) is 60.7 Å². The largest absolute Gasteiger partial charge is 0.462 e. The number of nitrogens with zero attached hydrogens (tertiary/aromatic N) is 2. The van der Waals surface area contributed by atoms with Crippen LogP contribution in [0, 0.1) is 0 Å². The second kappa shape index (κ2) is 7.33. The Bertz CT molecular complexity index is 1020. The normalized spacial score (nSPS) is 11.7. The molecule has 0 aliphatic heterocycles. The molecule has 1 aromatic heterocycles. The maximum atomic E-state index is 12.4. The van der Waals surface area contributed by atoms with Gasteiger partial charge in [0.25, 0.3) is 5.91 Å². The van der Waals surface area contributed by atoms with Gasteiger partial charge in [-0.1, -0.05) is 27.3 Å². The zero-order chi connectivity index (χ0) is 18.0. The minimum absolute atomic E-state index is 0.305. The third-order valence-corrected chi connectivity index (χ3v) is 5.23. The number of carbonyl (C=O) groups is 2. The Kier molecular flexibility index (Phi) is 5.15. The van der Waals surface area contributed by atoms with Gasteiger partial charge in [0, 0.05) is 17.1 Å². The van der Waals surface area contributed by atoms with E-state index in [0.717, 1.165) is 14.7 Å². The van der Waals surface area contributed by atoms with E-state index in [2.05, 4.69) is 20.9 Å². The first kappa shape index (κ1) is 17.6. The summed E-state index contributed by atoms with van der Waals surface area (Å²) in [6.45, 7) is 2.10. The predicted octanol–water partition coefficient (Wildman–Crippen LogP) is 3.92. The predicted molar refractivity (Wildman–Crippen MR) is 101 cm³/mol. The summed E-state index contributed by atoms with van der Waals surface area (Å²) in [5.41, 5.74) is 1.91. The fourth-order valence-corrected chi connectivity index (χ4v) is 3.65. The molecule has 0 unspecified atom stereocenters. The van der Waals surface area contributed by atoms with E-state index < -0.39 is 0 Å². The highest BCUT2D eigenvalue weighted by Gasteiger charge is 2.11. The summed E-state index contributed by atoms with van der Waals surface area (Å²) in [5, 5.41) is 0. The molecule has 3 aromatic rings. The standard InChI is InChI=1S/C18H15BrN2O3S/c1-3-24-17(23)12-6-9-14-15(10-12)25-18(21(14)2)20-16(22)11-4-7-13(19)8-5-11/h4-10H,3H2,1-2H3. The first-order chi connectivity index (χ1) is 12.0. The molecule has 0 bridgehead atoms. The molecule has 0 radical (unpaired) electrons. The summed E-state index contributed by atoms with van der Waals surface area (Å²) in [4.78, 5) is 29.0. The van der Waals surface area contributed by atoms with Crippen LogP contribution in [0.2, 0.25) is 0 Å². The van der Waals surface area contributed by atoms with Gasteiger partial charge in [-0.25, -0.2) is 4.79 Å². The lowest BCUT2D eigenvalue weighted by Gasteiger charge is -2.01. The molecular weight excluding hydrogens is 404 g/mol. The van der Waals surface area contributed by atoms with E-state index in [1.807, 2.05) is 17.7 Å². The second-order valence-corrected chi connectivity index (χ2v) is 7.20. The Morgan fingerprint density at radius 1 is 1.16 bits per heavy atom. The third kappa shape index (κ3) is 3.72. The van der Waals surface area contributed by atoms with Gasteiger partial charge < -0.3 is 9.30 Å². The van der Waals surface area contributed by atoms with Gasteiger partial charge in [-0.15, -0.1) is 0 Å². The number of esters is 1. The highest BCUT2D eigenvalue weighted by Crippen LogP contribution is 2.19. The van der Waals surface area contributed by atoms with Crippen molar-refractivity contribution < 1.29 is 14.3 Å². The van der Waals surface area contributed by atoms with Crippen LogP contribution in [0.15, 0.2) is 51.9 Å². The van der Waals surface area contributed by atoms with E-state index in [9.17, 15) is 9.59 Å². The van der Waals surface area contributed by atoms with Crippen molar-refractivity contribution in [3.63, 3.8) is 0 Å². The number of hydrogen-bond acceptors (Lipinski definition) is 4. The van der Waals surface area contributed by atoms with Crippen molar-refractivity contribution in [1.82, 2.24) is 4.57 Å². The molecule has 0 atom stereocenters. The Balaban J connectivity index is 2.01. The summed E-state index contributed by atoms with van der Waals surface area (Å²) in [6.07, 6.45) is 0. The minimum atomic E-state index is -0.357. The van der Waals surface area contributed by atoms with Gasteiger partial charge >= 0.3 is 5.97 Å². The Hall–Kier alpha value is -2.25. The van der Waals surface area contributed by atoms with Crippen molar-refractivity contribution in [2.75, 3.05) is 6.61 Å². The quantitative estimate of drug-likeness (QED) is 0.605. The third-order valence-electron chi connectivity index (χ3n) is 3.61. The average Bonchev–Trinajstić information content (AvgIpc) is 2.91. The van der Waals surface area contributed by atoms with Crippen molar-refractivity contribution in [2.24, 2.45) is 12.0 Å². The summed E-state index contributed by atoms with van der Waals surface area (Å²) in [5.74, 6) is -0.662. The molecule has 0 N–H and O–H groups in total. The molecule has 7 heteroatoms. The number of carbonyl (C=O) groups excluding carboxylic acids is 2. The monoisotopic (exact) mass is 418 g/mol. The number of amides is 1. The van der Waals surface area contributed by atoms with Crippen molar-refractivity contribution in [2.45, 2.75) is 6.92 Å². The molecule has 128 valence electrons. The molecule has 0 aliphatic rings. The molecular formula is C18H15BrN2O3S. The van der Waals surface area contributed by atoms with Crippen LogP contribution >= 0.6 is 27.3 Å². The first-order valence-electron chi connectivity index (χ1n) is 7.61. The molecule has 0 fully saturated rings. The maximum Gasteiger partial charge on any atom is 0.338 e. The lowest BCUT2D eigenvalue weighted by atomic mass is 10.2. The highest BCUT2D eigenvalue weighted by atomic mass is 79.9. The van der Waals surface area contributed by atoms with Crippen LogP contribution in [-0.2, 0) is 11.8 Å². The molecule has 0 saturated heterocycles. The Labute approximate surface area is 156 Å². The van der Waals surface area contributed by atoms with E-state index in [1.165, 1.54) is 11.3 Å². The fraction of sp³-hybridized carbons (Fsp3) is 0.167. The van der Waals surface area contributed by atoms with Crippen molar-refractivity contribution in [3.8, 4) is 0 Å². The van der Waals surface area contributed by atoms with Crippen molar-refractivity contribution in [1.29, 1.82) is 0 Å². The number of thiazole rings is 1. The van der Waals surface area contributed by atoms with E-state index in [0.29, 0.717) is 22.5 Å². The fourth-order valence-electron chi connectivity index (χ4n) is 2.33. The molecule has 0 spiro atoms. The first-order valence-corrected chi connectivity index (χ1v) is 9.22. The summed E-state index contributed by atoms with van der Waals surface area (Å²) in [6, 6.07) is 12.4. The van der Waals surface area contributed by atoms with Crippen LogP contribution < -0.4 is 4.80 Å². The number of hydrogen-bond donors (Lipinski definition) is 0. The van der Waals surface area contributed by atoms with Gasteiger partial charge in [0.1, 0.15) is 0 Å². The summed E-state index contributed by atoms with van der Waals surface area (Å²) < 4.78 is 8.64. The van der Waals surface area contributed by atoms with E-state index in [1.54, 1.807) is 43.3 Å². The van der Waals surface area contributed by atoms with E-state index >= 15 is 0 Å². The number of aryl methyl sites for hydroxylation is 1. The lowest BCUT2D eigenvalue weighted by molar-refractivity contribution is 0.0526. The van der Waals surface area contributed by atoms with Gasteiger partial charge in [0.2, 0.25) is 0 Å². The van der Waals surface area contributed by atoms with Gasteiger partial charge in [-0.3, -0.25) is 4.79 Å². The van der Waals surface area contributed by atoms with Crippen LogP contribution in [0.25, 0.3) is 10.2 Å². The van der Waals surface area contributed by atoms with Gasteiger partial charge in [0.05, 0.1) is 22.4 Å². The zero-order valence-electron chi connectivity index (χ0n) is 13.7. The van der Waals surface area contributed by atoms with Crippen molar-refractivity contribution in [3.05, 3.63) is 62.9 Å². The molecule has 25 heavy (non-hydrogen) atoms. The number of halogens is 1. The number of benzene rings is 2. The molecule has 1 amide bonds. The molecule has 2 aromatic carbocycles. The molecule has 1 heterocycles. The summed E-state index contributed by atoms with van der Waals surface area (Å²) >= 11 is 4.70. The summed E-state index contributed by atoms with van der Waals surface area (Å²) in [7, 11) is 1.84. The van der Waals surface area contributed by atoms with Gasteiger partial charge in [-0.05, 0) is 49.4 Å². The number of ether oxygens (including phenoxy) is 1. The van der Waals surface area contributed by atoms with E-state index in [4.69, 9.17) is 4.74 Å². The van der Waals surface area contributed by atoms with Crippen molar-refractivity contribution >= 4 is 49.4 Å². The minimum Gasteiger partial charge on any atom is -0.462 e. The zero-order valence-corrected chi connectivity index (χ0v) is 16.1. The van der Waals surface area contributed by atoms with Crippen LogP contribution in [0.3, 0.4) is 0 Å². The SMILES string of the molecule is CCOC(=O)c1ccc2c(c1)sc(=NC(=O)c1ccc(Br)cc1)n2C. The Morgan fingerprint density at radius 3 is 2.52 bits per heavy atom. The average molecular weight is 419 g/mol. The van der Waals surface area contributed by atoms with Crippen LogP contribution in [-0.4, -0.2) is 23.1 Å². The number of fused-ring (bicyclic) bond motifs is 1. The van der Waals surface area contributed by atoms with Crippen LogP contribution in [0.1, 0.15) is 27.6 Å². The van der Waals surface area contributed by atoms with Crippen LogP contribution in [0.5, 0.6) is 0 Å². The number of aromatic nitrogens is 1. The second-order valence-electron chi connectivity index (χ2n) is 5.27. The molecule has 0 saturated carbocycles. The van der Waals surface area contributed by atoms with Gasteiger partial charge in [0.15, 0.2) is 4.80 Å². The van der Waals surface area contributed by atoms with Gasteiger partial charge in [-0.2, -0.15) is 4.99 Å². The van der Waals surface area contributed by atoms with Crippen LogP contribution in [0.4, 0.5) is 0 Å². The number of rotatable bonds is 3. The Morgan fingerprint density at radius 2 is 1.84 bits per heavy atom. The maximum absolute atomic E-state index is 12.4. The lowest BCUT2D eigenvalue weighted by Crippen LogP contribution is -2.13. The molecule has 0 aliphatic carbocycles.